The molecule has 1 aromatic rings. The fourth-order valence-corrected chi connectivity index (χ4v) is 3.35. The summed E-state index contributed by atoms with van der Waals surface area (Å²) in [5, 5.41) is 3.50. The highest BCUT2D eigenvalue weighted by atomic mass is 16.5. The Hall–Kier alpha value is -1.06. The fraction of sp³-hybridized carbons (Fsp3) is 0.625. The van der Waals surface area contributed by atoms with Crippen molar-refractivity contribution in [2.75, 3.05) is 26.9 Å². The summed E-state index contributed by atoms with van der Waals surface area (Å²) in [6.45, 7) is 2.63. The summed E-state index contributed by atoms with van der Waals surface area (Å²) in [6.07, 6.45) is 4.55. The first-order valence-corrected chi connectivity index (χ1v) is 7.39. The Balaban J connectivity index is 1.90. The van der Waals surface area contributed by atoms with Gasteiger partial charge < -0.3 is 14.8 Å². The number of rotatable bonds is 3. The van der Waals surface area contributed by atoms with Gasteiger partial charge in [-0.05, 0) is 44.2 Å². The van der Waals surface area contributed by atoms with Gasteiger partial charge in [-0.25, -0.2) is 0 Å². The zero-order valence-corrected chi connectivity index (χ0v) is 11.7. The average Bonchev–Trinajstić information content (AvgIpc) is 2.49. The van der Waals surface area contributed by atoms with Crippen molar-refractivity contribution in [3.63, 3.8) is 0 Å². The minimum absolute atomic E-state index is 0.386. The SMILES string of the molecule is CNC(c1cccc2c1OCCC2)C1CCOCC1. The van der Waals surface area contributed by atoms with Crippen LogP contribution < -0.4 is 10.1 Å². The van der Waals surface area contributed by atoms with Crippen molar-refractivity contribution < 1.29 is 9.47 Å². The zero-order chi connectivity index (χ0) is 13.1. The molecule has 0 saturated carbocycles. The monoisotopic (exact) mass is 261 g/mol. The maximum Gasteiger partial charge on any atom is 0.127 e. The highest BCUT2D eigenvalue weighted by Crippen LogP contribution is 2.38. The van der Waals surface area contributed by atoms with E-state index in [1.807, 2.05) is 0 Å². The van der Waals surface area contributed by atoms with Crippen LogP contribution in [0.15, 0.2) is 18.2 Å². The van der Waals surface area contributed by atoms with E-state index in [0.717, 1.165) is 51.3 Å². The lowest BCUT2D eigenvalue weighted by molar-refractivity contribution is 0.0541. The number of hydrogen-bond acceptors (Lipinski definition) is 3. The van der Waals surface area contributed by atoms with Crippen molar-refractivity contribution in [3.8, 4) is 5.75 Å². The standard InChI is InChI=1S/C16H23NO2/c1-17-15(12-7-10-18-11-8-12)14-6-2-4-13-5-3-9-19-16(13)14/h2,4,6,12,15,17H,3,5,7-11H2,1H3. The van der Waals surface area contributed by atoms with Crippen LogP contribution in [0.5, 0.6) is 5.75 Å². The molecule has 0 aliphatic carbocycles. The van der Waals surface area contributed by atoms with Gasteiger partial charge in [-0.3, -0.25) is 0 Å². The molecule has 3 nitrogen and oxygen atoms in total. The lowest BCUT2D eigenvalue weighted by atomic mass is 9.85. The second-order valence-corrected chi connectivity index (χ2v) is 5.50. The lowest BCUT2D eigenvalue weighted by Gasteiger charge is -2.32. The first-order valence-electron chi connectivity index (χ1n) is 7.39. The molecule has 2 heterocycles. The molecule has 0 spiro atoms. The Morgan fingerprint density at radius 2 is 2.05 bits per heavy atom. The van der Waals surface area contributed by atoms with Crippen LogP contribution in [-0.2, 0) is 11.2 Å². The van der Waals surface area contributed by atoms with Gasteiger partial charge in [0, 0.05) is 24.8 Å². The maximum absolute atomic E-state index is 5.96. The van der Waals surface area contributed by atoms with E-state index in [4.69, 9.17) is 9.47 Å². The molecule has 19 heavy (non-hydrogen) atoms. The molecule has 0 radical (unpaired) electrons. The van der Waals surface area contributed by atoms with E-state index in [-0.39, 0.29) is 0 Å². The van der Waals surface area contributed by atoms with Crippen LogP contribution in [-0.4, -0.2) is 26.9 Å². The predicted molar refractivity (Wildman–Crippen MR) is 75.6 cm³/mol. The van der Waals surface area contributed by atoms with E-state index in [9.17, 15) is 0 Å². The zero-order valence-electron chi connectivity index (χ0n) is 11.7. The van der Waals surface area contributed by atoms with E-state index in [0.29, 0.717) is 12.0 Å². The van der Waals surface area contributed by atoms with E-state index in [1.54, 1.807) is 0 Å². The van der Waals surface area contributed by atoms with E-state index in [2.05, 4.69) is 30.6 Å². The molecule has 1 unspecified atom stereocenters. The highest BCUT2D eigenvalue weighted by molar-refractivity contribution is 5.44. The molecule has 2 aliphatic heterocycles. The van der Waals surface area contributed by atoms with Gasteiger partial charge in [0.25, 0.3) is 0 Å². The van der Waals surface area contributed by atoms with Crippen molar-refractivity contribution in [2.24, 2.45) is 5.92 Å². The van der Waals surface area contributed by atoms with Gasteiger partial charge in [-0.2, -0.15) is 0 Å². The molecule has 1 fully saturated rings. The highest BCUT2D eigenvalue weighted by Gasteiger charge is 2.28. The molecule has 0 bridgehead atoms. The second-order valence-electron chi connectivity index (χ2n) is 5.50. The van der Waals surface area contributed by atoms with Crippen molar-refractivity contribution in [2.45, 2.75) is 31.7 Å². The molecule has 3 rings (SSSR count). The molecule has 104 valence electrons. The van der Waals surface area contributed by atoms with Crippen LogP contribution in [0.3, 0.4) is 0 Å². The van der Waals surface area contributed by atoms with Gasteiger partial charge in [0.15, 0.2) is 0 Å². The minimum Gasteiger partial charge on any atom is -0.493 e. The van der Waals surface area contributed by atoms with Crippen LogP contribution in [0, 0.1) is 5.92 Å². The quantitative estimate of drug-likeness (QED) is 0.907. The van der Waals surface area contributed by atoms with Crippen molar-refractivity contribution in [1.29, 1.82) is 0 Å². The minimum atomic E-state index is 0.386. The Morgan fingerprint density at radius 3 is 2.84 bits per heavy atom. The van der Waals surface area contributed by atoms with Crippen molar-refractivity contribution in [3.05, 3.63) is 29.3 Å². The van der Waals surface area contributed by atoms with Gasteiger partial charge >= 0.3 is 0 Å². The third-order valence-electron chi connectivity index (χ3n) is 4.35. The Labute approximate surface area is 115 Å². The van der Waals surface area contributed by atoms with Gasteiger partial charge in [0.2, 0.25) is 0 Å². The Bertz CT molecular complexity index is 427. The van der Waals surface area contributed by atoms with Crippen LogP contribution in [0.2, 0.25) is 0 Å². The summed E-state index contributed by atoms with van der Waals surface area (Å²) in [5.74, 6) is 1.79. The van der Waals surface area contributed by atoms with Gasteiger partial charge in [0.05, 0.1) is 6.61 Å². The normalized spacial score (nSPS) is 21.5. The molecular weight excluding hydrogens is 238 g/mol. The van der Waals surface area contributed by atoms with Crippen LogP contribution in [0.25, 0.3) is 0 Å². The molecule has 0 aromatic heterocycles. The molecule has 1 saturated heterocycles. The third kappa shape index (κ3) is 2.63. The summed E-state index contributed by atoms with van der Waals surface area (Å²) >= 11 is 0. The second kappa shape index (κ2) is 5.93. The van der Waals surface area contributed by atoms with Gasteiger partial charge in [-0.1, -0.05) is 18.2 Å². The average molecular weight is 261 g/mol. The summed E-state index contributed by atoms with van der Waals surface area (Å²) in [4.78, 5) is 0. The molecule has 0 amide bonds. The summed E-state index contributed by atoms with van der Waals surface area (Å²) < 4.78 is 11.4. The lowest BCUT2D eigenvalue weighted by Crippen LogP contribution is -2.30. The molecule has 1 atom stereocenters. The first kappa shape index (κ1) is 12.9. The first-order chi connectivity index (χ1) is 9.40. The number of ether oxygens (including phenoxy) is 2. The Kier molecular flexibility index (Phi) is 4.04. The number of benzene rings is 1. The number of fused-ring (bicyclic) bond motifs is 1. The number of aryl methyl sites for hydroxylation is 1. The number of nitrogens with one attached hydrogen (secondary N) is 1. The third-order valence-corrected chi connectivity index (χ3v) is 4.35. The topological polar surface area (TPSA) is 30.5 Å². The van der Waals surface area contributed by atoms with Crippen molar-refractivity contribution in [1.82, 2.24) is 5.32 Å². The number of hydrogen-bond donors (Lipinski definition) is 1. The van der Waals surface area contributed by atoms with Crippen LogP contribution in [0.4, 0.5) is 0 Å². The van der Waals surface area contributed by atoms with Gasteiger partial charge in [0.1, 0.15) is 5.75 Å². The molecule has 1 aromatic carbocycles. The van der Waals surface area contributed by atoms with E-state index < -0.39 is 0 Å². The molecule has 3 heteroatoms. The van der Waals surface area contributed by atoms with Crippen LogP contribution in [0.1, 0.15) is 36.4 Å². The van der Waals surface area contributed by atoms with Gasteiger partial charge in [-0.15, -0.1) is 0 Å². The maximum atomic E-state index is 5.96. The van der Waals surface area contributed by atoms with E-state index in [1.165, 1.54) is 11.1 Å². The Morgan fingerprint density at radius 1 is 1.21 bits per heavy atom. The summed E-state index contributed by atoms with van der Waals surface area (Å²) in [5.41, 5.74) is 2.71. The predicted octanol–water partition coefficient (Wildman–Crippen LogP) is 2.70. The fourth-order valence-electron chi connectivity index (χ4n) is 3.35. The molecular formula is C16H23NO2. The number of para-hydroxylation sites is 1. The smallest absolute Gasteiger partial charge is 0.127 e. The molecule has 2 aliphatic rings. The summed E-state index contributed by atoms with van der Waals surface area (Å²) in [6, 6.07) is 6.99. The van der Waals surface area contributed by atoms with E-state index >= 15 is 0 Å². The summed E-state index contributed by atoms with van der Waals surface area (Å²) in [7, 11) is 2.06. The largest absolute Gasteiger partial charge is 0.493 e. The van der Waals surface area contributed by atoms with Crippen LogP contribution >= 0.6 is 0 Å². The van der Waals surface area contributed by atoms with Crippen molar-refractivity contribution >= 4 is 0 Å². The molecule has 1 N–H and O–H groups in total.